The Morgan fingerprint density at radius 1 is 1.37 bits per heavy atom. The first-order chi connectivity index (χ1) is 9.02. The molecule has 0 aliphatic rings. The van der Waals surface area contributed by atoms with Crippen LogP contribution in [0.25, 0.3) is 0 Å². The van der Waals surface area contributed by atoms with Crippen LogP contribution in [0.1, 0.15) is 25.8 Å². The second kappa shape index (κ2) is 7.92. The van der Waals surface area contributed by atoms with E-state index in [1.165, 1.54) is 5.56 Å². The van der Waals surface area contributed by atoms with Crippen LogP contribution < -0.4 is 11.1 Å². The van der Waals surface area contributed by atoms with Gasteiger partial charge >= 0.3 is 0 Å². The zero-order valence-corrected chi connectivity index (χ0v) is 12.1. The fourth-order valence-electron chi connectivity index (χ4n) is 2.01. The molecule has 1 aromatic rings. The normalized spacial score (nSPS) is 14.2. The standard InChI is InChI=1S/C15H25N3O/c1-4-14(16)15(19)17-12(2)10-18(3)11-13-8-6-5-7-9-13/h5-9,12,14H,4,10-11,16H2,1-3H3,(H,17,19)/t12?,14-/m0/s1. The van der Waals surface area contributed by atoms with E-state index in [0.717, 1.165) is 13.1 Å². The highest BCUT2D eigenvalue weighted by Crippen LogP contribution is 2.03. The molecule has 4 nitrogen and oxygen atoms in total. The molecular weight excluding hydrogens is 238 g/mol. The number of rotatable bonds is 7. The Morgan fingerprint density at radius 3 is 2.58 bits per heavy atom. The fourth-order valence-corrected chi connectivity index (χ4v) is 2.01. The first-order valence-corrected chi connectivity index (χ1v) is 6.81. The Bertz CT molecular complexity index is 380. The summed E-state index contributed by atoms with van der Waals surface area (Å²) in [5.74, 6) is -0.0666. The van der Waals surface area contributed by atoms with Gasteiger partial charge in [0.05, 0.1) is 6.04 Å². The van der Waals surface area contributed by atoms with Crippen molar-refractivity contribution in [3.8, 4) is 0 Å². The van der Waals surface area contributed by atoms with E-state index in [-0.39, 0.29) is 11.9 Å². The van der Waals surface area contributed by atoms with Crippen LogP contribution in [0.3, 0.4) is 0 Å². The number of hydrogen-bond acceptors (Lipinski definition) is 3. The van der Waals surface area contributed by atoms with Gasteiger partial charge in [-0.2, -0.15) is 0 Å². The number of hydrogen-bond donors (Lipinski definition) is 2. The minimum atomic E-state index is -0.401. The zero-order valence-electron chi connectivity index (χ0n) is 12.1. The number of amides is 1. The third kappa shape index (κ3) is 5.85. The molecule has 0 radical (unpaired) electrons. The summed E-state index contributed by atoms with van der Waals surface area (Å²) in [5, 5.41) is 2.94. The fraction of sp³-hybridized carbons (Fsp3) is 0.533. The van der Waals surface area contributed by atoms with Crippen molar-refractivity contribution in [1.29, 1.82) is 0 Å². The van der Waals surface area contributed by atoms with E-state index < -0.39 is 6.04 Å². The average molecular weight is 263 g/mol. The lowest BCUT2D eigenvalue weighted by Crippen LogP contribution is -2.47. The average Bonchev–Trinajstić information content (AvgIpc) is 2.38. The number of carbonyl (C=O) groups excluding carboxylic acids is 1. The maximum Gasteiger partial charge on any atom is 0.237 e. The van der Waals surface area contributed by atoms with Gasteiger partial charge in [0.15, 0.2) is 0 Å². The summed E-state index contributed by atoms with van der Waals surface area (Å²) in [6.45, 7) is 5.59. The summed E-state index contributed by atoms with van der Waals surface area (Å²) >= 11 is 0. The van der Waals surface area contributed by atoms with Crippen LogP contribution >= 0.6 is 0 Å². The monoisotopic (exact) mass is 263 g/mol. The molecule has 1 amide bonds. The number of nitrogens with two attached hydrogens (primary N) is 1. The van der Waals surface area contributed by atoms with Gasteiger partial charge in [0.2, 0.25) is 5.91 Å². The number of nitrogens with one attached hydrogen (secondary N) is 1. The molecule has 2 atom stereocenters. The van der Waals surface area contributed by atoms with Crippen molar-refractivity contribution >= 4 is 5.91 Å². The van der Waals surface area contributed by atoms with Gasteiger partial charge in [-0.15, -0.1) is 0 Å². The Hall–Kier alpha value is -1.39. The molecule has 1 aromatic carbocycles. The molecule has 0 saturated heterocycles. The van der Waals surface area contributed by atoms with Crippen molar-refractivity contribution in [3.05, 3.63) is 35.9 Å². The number of carbonyl (C=O) groups is 1. The van der Waals surface area contributed by atoms with Crippen LogP contribution in [0.2, 0.25) is 0 Å². The van der Waals surface area contributed by atoms with Gasteiger partial charge < -0.3 is 16.0 Å². The van der Waals surface area contributed by atoms with Gasteiger partial charge in [-0.25, -0.2) is 0 Å². The van der Waals surface area contributed by atoms with E-state index in [2.05, 4.69) is 29.4 Å². The quantitative estimate of drug-likeness (QED) is 0.781. The van der Waals surface area contributed by atoms with Crippen LogP contribution in [0, 0.1) is 0 Å². The van der Waals surface area contributed by atoms with E-state index in [9.17, 15) is 4.79 Å². The molecule has 4 heteroatoms. The van der Waals surface area contributed by atoms with Crippen LogP contribution in [-0.4, -0.2) is 36.5 Å². The lowest BCUT2D eigenvalue weighted by Gasteiger charge is -2.23. The summed E-state index contributed by atoms with van der Waals surface area (Å²) < 4.78 is 0. The van der Waals surface area contributed by atoms with Crippen LogP contribution in [-0.2, 0) is 11.3 Å². The first-order valence-electron chi connectivity index (χ1n) is 6.81. The topological polar surface area (TPSA) is 58.4 Å². The van der Waals surface area contributed by atoms with Crippen molar-refractivity contribution < 1.29 is 4.79 Å². The molecule has 0 aromatic heterocycles. The predicted molar refractivity (Wildman–Crippen MR) is 78.6 cm³/mol. The second-order valence-electron chi connectivity index (χ2n) is 5.11. The van der Waals surface area contributed by atoms with Crippen molar-refractivity contribution in [2.24, 2.45) is 5.73 Å². The van der Waals surface area contributed by atoms with Crippen LogP contribution in [0.4, 0.5) is 0 Å². The van der Waals surface area contributed by atoms with Gasteiger partial charge in [-0.05, 0) is 26.0 Å². The second-order valence-corrected chi connectivity index (χ2v) is 5.11. The van der Waals surface area contributed by atoms with Gasteiger partial charge in [-0.3, -0.25) is 4.79 Å². The number of likely N-dealkylation sites (N-methyl/N-ethyl adjacent to an activating group) is 1. The molecule has 1 unspecified atom stereocenters. The summed E-state index contributed by atoms with van der Waals surface area (Å²) in [6.07, 6.45) is 0.665. The summed E-state index contributed by atoms with van der Waals surface area (Å²) in [6, 6.07) is 9.99. The largest absolute Gasteiger partial charge is 0.351 e. The highest BCUT2D eigenvalue weighted by Gasteiger charge is 2.14. The molecule has 0 heterocycles. The van der Waals surface area contributed by atoms with Gasteiger partial charge in [0.25, 0.3) is 0 Å². The highest BCUT2D eigenvalue weighted by atomic mass is 16.2. The first kappa shape index (κ1) is 15.7. The Morgan fingerprint density at radius 2 is 2.00 bits per heavy atom. The molecular formula is C15H25N3O. The molecule has 106 valence electrons. The minimum absolute atomic E-state index is 0.0666. The molecule has 0 saturated carbocycles. The molecule has 1 rings (SSSR count). The molecule has 0 aliphatic carbocycles. The van der Waals surface area contributed by atoms with E-state index >= 15 is 0 Å². The van der Waals surface area contributed by atoms with E-state index in [4.69, 9.17) is 5.73 Å². The summed E-state index contributed by atoms with van der Waals surface area (Å²) in [4.78, 5) is 13.9. The van der Waals surface area contributed by atoms with Crippen molar-refractivity contribution in [1.82, 2.24) is 10.2 Å². The number of nitrogens with zero attached hydrogens (tertiary/aromatic N) is 1. The molecule has 0 aliphatic heterocycles. The van der Waals surface area contributed by atoms with E-state index in [1.807, 2.05) is 32.0 Å². The molecule has 3 N–H and O–H groups in total. The molecule has 0 spiro atoms. The SMILES string of the molecule is CC[C@H](N)C(=O)NC(C)CN(C)Cc1ccccc1. The Labute approximate surface area is 116 Å². The van der Waals surface area contributed by atoms with Crippen molar-refractivity contribution in [3.63, 3.8) is 0 Å². The number of benzene rings is 1. The van der Waals surface area contributed by atoms with E-state index in [0.29, 0.717) is 6.42 Å². The minimum Gasteiger partial charge on any atom is -0.351 e. The van der Waals surface area contributed by atoms with Gasteiger partial charge in [0.1, 0.15) is 0 Å². The lowest BCUT2D eigenvalue weighted by atomic mass is 10.2. The Kier molecular flexibility index (Phi) is 6.53. The summed E-state index contributed by atoms with van der Waals surface area (Å²) in [5.41, 5.74) is 6.97. The lowest BCUT2D eigenvalue weighted by molar-refractivity contribution is -0.123. The predicted octanol–water partition coefficient (Wildman–Crippen LogP) is 1.36. The third-order valence-corrected chi connectivity index (χ3v) is 3.05. The van der Waals surface area contributed by atoms with E-state index in [1.54, 1.807) is 0 Å². The maximum absolute atomic E-state index is 11.7. The molecule has 19 heavy (non-hydrogen) atoms. The third-order valence-electron chi connectivity index (χ3n) is 3.05. The molecule has 0 bridgehead atoms. The summed E-state index contributed by atoms with van der Waals surface area (Å²) in [7, 11) is 2.05. The zero-order chi connectivity index (χ0) is 14.3. The van der Waals surface area contributed by atoms with Crippen molar-refractivity contribution in [2.45, 2.75) is 38.9 Å². The van der Waals surface area contributed by atoms with Crippen LogP contribution in [0.5, 0.6) is 0 Å². The Balaban J connectivity index is 2.36. The molecule has 0 fully saturated rings. The smallest absolute Gasteiger partial charge is 0.237 e. The van der Waals surface area contributed by atoms with Crippen LogP contribution in [0.15, 0.2) is 30.3 Å². The highest BCUT2D eigenvalue weighted by molar-refractivity contribution is 5.81. The van der Waals surface area contributed by atoms with Crippen molar-refractivity contribution in [2.75, 3.05) is 13.6 Å². The van der Waals surface area contributed by atoms with Gasteiger partial charge in [0, 0.05) is 19.1 Å². The van der Waals surface area contributed by atoms with Gasteiger partial charge in [-0.1, -0.05) is 37.3 Å². The maximum atomic E-state index is 11.7.